The number of benzene rings is 2. The predicted molar refractivity (Wildman–Crippen MR) is 160 cm³/mol. The molecule has 0 atom stereocenters. The topological polar surface area (TPSA) is 88.9 Å². The van der Waals surface area contributed by atoms with Crippen molar-refractivity contribution in [3.63, 3.8) is 0 Å². The first-order chi connectivity index (χ1) is 21.1. The Morgan fingerprint density at radius 2 is 1.75 bits per heavy atom. The van der Waals surface area contributed by atoms with Crippen LogP contribution < -0.4 is 9.80 Å². The highest BCUT2D eigenvalue weighted by molar-refractivity contribution is 6.02. The maximum atomic E-state index is 15.2. The Balaban J connectivity index is 1.55. The van der Waals surface area contributed by atoms with Crippen LogP contribution in [0.1, 0.15) is 32.8 Å². The summed E-state index contributed by atoms with van der Waals surface area (Å²) in [6.07, 6.45) is -1.73. The normalized spacial score (nSPS) is 16.1. The lowest BCUT2D eigenvalue weighted by Crippen LogP contribution is -2.60. The number of carbonyl (C=O) groups excluding carboxylic acids is 1. The van der Waals surface area contributed by atoms with Crippen molar-refractivity contribution in [3.05, 3.63) is 47.7 Å². The van der Waals surface area contributed by atoms with Gasteiger partial charge < -0.3 is 19.8 Å². The molecule has 0 unspecified atom stereocenters. The van der Waals surface area contributed by atoms with E-state index in [1.165, 1.54) is 25.3 Å². The van der Waals surface area contributed by atoms with Crippen molar-refractivity contribution in [1.82, 2.24) is 24.8 Å². The lowest BCUT2D eigenvalue weighted by atomic mass is 9.96. The van der Waals surface area contributed by atoms with Gasteiger partial charge in [-0.1, -0.05) is 19.9 Å². The van der Waals surface area contributed by atoms with Gasteiger partial charge >= 0.3 is 0 Å². The van der Waals surface area contributed by atoms with Crippen LogP contribution in [0.3, 0.4) is 0 Å². The number of likely N-dealkylation sites (N-methyl/N-ethyl adjacent to an activating group) is 1. The Morgan fingerprint density at radius 1 is 1.05 bits per heavy atom. The zero-order valence-corrected chi connectivity index (χ0v) is 24.7. The van der Waals surface area contributed by atoms with Crippen LogP contribution in [0, 0.1) is 11.6 Å². The van der Waals surface area contributed by atoms with Crippen molar-refractivity contribution in [2.75, 3.05) is 62.2 Å². The number of carbonyl (C=O) groups is 1. The number of halogens is 4. The number of nitrogens with zero attached hydrogens (tertiary/aromatic N) is 7. The summed E-state index contributed by atoms with van der Waals surface area (Å²) < 4.78 is 59.7. The van der Waals surface area contributed by atoms with Crippen LogP contribution in [0.4, 0.5) is 29.3 Å². The minimum atomic E-state index is -3.10. The van der Waals surface area contributed by atoms with E-state index < -0.39 is 23.6 Å². The van der Waals surface area contributed by atoms with Gasteiger partial charge in [-0.3, -0.25) is 14.7 Å². The van der Waals surface area contributed by atoms with E-state index >= 15 is 13.2 Å². The molecule has 2 saturated heterocycles. The second-order valence-electron chi connectivity index (χ2n) is 11.2. The molecule has 0 bridgehead atoms. The number of hydrogen-bond acceptors (Lipinski definition) is 8. The first-order valence-electron chi connectivity index (χ1n) is 14.7. The highest BCUT2D eigenvalue weighted by atomic mass is 19.3. The van der Waals surface area contributed by atoms with E-state index in [0.717, 1.165) is 25.2 Å². The van der Waals surface area contributed by atoms with Gasteiger partial charge in [0.25, 0.3) is 6.43 Å². The van der Waals surface area contributed by atoms with Gasteiger partial charge in [-0.05, 0) is 36.7 Å². The van der Waals surface area contributed by atoms with Crippen molar-refractivity contribution >= 4 is 39.3 Å². The molecule has 2 aliphatic heterocycles. The van der Waals surface area contributed by atoms with Crippen molar-refractivity contribution in [2.24, 2.45) is 0 Å². The van der Waals surface area contributed by atoms with Crippen LogP contribution in [0.2, 0.25) is 0 Å². The van der Waals surface area contributed by atoms with E-state index in [2.05, 4.69) is 28.7 Å². The summed E-state index contributed by atoms with van der Waals surface area (Å²) in [6.45, 7) is 10.4. The monoisotopic (exact) mass is 611 g/mol. The second kappa shape index (κ2) is 11.7. The highest BCUT2D eigenvalue weighted by Gasteiger charge is 2.35. The molecule has 44 heavy (non-hydrogen) atoms. The minimum absolute atomic E-state index is 0.0470. The Hall–Kier alpha value is -4.26. The molecule has 232 valence electrons. The Bertz CT molecular complexity index is 1740. The van der Waals surface area contributed by atoms with Crippen LogP contribution in [0.15, 0.2) is 30.5 Å². The van der Waals surface area contributed by atoms with Crippen molar-refractivity contribution in [3.8, 4) is 17.0 Å². The number of fused-ring (bicyclic) bond motifs is 2. The largest absolute Gasteiger partial charge is 0.508 e. The summed E-state index contributed by atoms with van der Waals surface area (Å²) in [5, 5.41) is 10.6. The molecule has 13 heteroatoms. The van der Waals surface area contributed by atoms with Gasteiger partial charge in [0.2, 0.25) is 11.9 Å². The number of anilines is 2. The van der Waals surface area contributed by atoms with E-state index in [1.54, 1.807) is 4.90 Å². The summed E-state index contributed by atoms with van der Waals surface area (Å²) in [7, 11) is 0. The van der Waals surface area contributed by atoms with Gasteiger partial charge in [0.05, 0.1) is 22.2 Å². The first-order valence-corrected chi connectivity index (χ1v) is 14.7. The van der Waals surface area contributed by atoms with Crippen LogP contribution >= 0.6 is 0 Å². The lowest BCUT2D eigenvalue weighted by molar-refractivity contribution is -0.129. The summed E-state index contributed by atoms with van der Waals surface area (Å²) in [5.41, 5.74) is -1.10. The predicted octanol–water partition coefficient (Wildman–Crippen LogP) is 4.97. The number of aromatic hydroxyl groups is 1. The second-order valence-corrected chi connectivity index (χ2v) is 11.2. The van der Waals surface area contributed by atoms with Gasteiger partial charge in [0.1, 0.15) is 11.6 Å². The SMILES string of the molecule is CCN(CC)C1CN(c2nc(N3CCN(C(C)=O)CC3)c3cnc(-c4cc(O)cc5ccc(F)c(F)c45)c(C(F)F)c3n2)C1. The first kappa shape index (κ1) is 29.8. The number of pyridine rings is 1. The fraction of sp³-hybridized carbons (Fsp3) is 0.419. The van der Waals surface area contributed by atoms with Crippen LogP contribution in [0.25, 0.3) is 32.9 Å². The van der Waals surface area contributed by atoms with E-state index in [9.17, 15) is 14.3 Å². The molecule has 9 nitrogen and oxygen atoms in total. The number of piperazine rings is 1. The Kier molecular flexibility index (Phi) is 7.91. The van der Waals surface area contributed by atoms with Crippen molar-refractivity contribution in [2.45, 2.75) is 33.2 Å². The summed E-state index contributed by atoms with van der Waals surface area (Å²) in [4.78, 5) is 33.7. The lowest BCUT2D eigenvalue weighted by Gasteiger charge is -2.45. The molecular formula is C31H33F4N7O2. The fourth-order valence-electron chi connectivity index (χ4n) is 6.27. The number of phenolic OH excluding ortho intramolecular Hbond substituents is 1. The van der Waals surface area contributed by atoms with Gasteiger partial charge in [-0.2, -0.15) is 4.98 Å². The molecule has 2 aliphatic rings. The zero-order chi connectivity index (χ0) is 31.3. The average molecular weight is 612 g/mol. The van der Waals surface area contributed by atoms with Gasteiger partial charge in [0, 0.05) is 69.4 Å². The van der Waals surface area contributed by atoms with Gasteiger partial charge in [-0.25, -0.2) is 22.5 Å². The minimum Gasteiger partial charge on any atom is -0.508 e. The quantitative estimate of drug-likeness (QED) is 0.294. The molecule has 1 amide bonds. The van der Waals surface area contributed by atoms with Crippen molar-refractivity contribution < 1.29 is 27.5 Å². The summed E-state index contributed by atoms with van der Waals surface area (Å²) in [6, 6.07) is 4.80. The molecule has 1 N–H and O–H groups in total. The standard InChI is InChI=1S/C31H33F4N7O2/c1-4-39(5-2)19-15-42(16-19)31-37-28-22(30(38-31)41-10-8-40(9-11-41)17(3)43)14-36-27(25(28)29(34)35)21-13-20(44)12-18-6-7-23(32)26(33)24(18)21/h6-7,12-14,19,29,44H,4-5,8-11,15-16H2,1-3H3. The molecule has 6 rings (SSSR count). The fourth-order valence-corrected chi connectivity index (χ4v) is 6.27. The highest BCUT2D eigenvalue weighted by Crippen LogP contribution is 2.42. The Morgan fingerprint density at radius 3 is 2.39 bits per heavy atom. The maximum Gasteiger partial charge on any atom is 0.268 e. The maximum absolute atomic E-state index is 15.2. The van der Waals surface area contributed by atoms with Gasteiger partial charge in [-0.15, -0.1) is 0 Å². The van der Waals surface area contributed by atoms with Crippen LogP contribution in [-0.2, 0) is 4.79 Å². The summed E-state index contributed by atoms with van der Waals surface area (Å²) in [5.74, 6) is -2.04. The van der Waals surface area contributed by atoms with Crippen LogP contribution in [0.5, 0.6) is 5.75 Å². The van der Waals surface area contributed by atoms with Crippen LogP contribution in [-0.4, -0.2) is 94.2 Å². The molecule has 2 aromatic carbocycles. The molecule has 0 radical (unpaired) electrons. The number of alkyl halides is 2. The van der Waals surface area contributed by atoms with Gasteiger partial charge in [0.15, 0.2) is 11.6 Å². The third kappa shape index (κ3) is 5.12. The number of phenols is 1. The summed E-state index contributed by atoms with van der Waals surface area (Å²) >= 11 is 0. The third-order valence-electron chi connectivity index (χ3n) is 8.71. The van der Waals surface area contributed by atoms with Crippen molar-refractivity contribution in [1.29, 1.82) is 0 Å². The van der Waals surface area contributed by atoms with E-state index in [-0.39, 0.29) is 56.6 Å². The third-order valence-corrected chi connectivity index (χ3v) is 8.71. The smallest absolute Gasteiger partial charge is 0.268 e. The molecule has 4 heterocycles. The molecule has 2 fully saturated rings. The van der Waals surface area contributed by atoms with E-state index in [0.29, 0.717) is 45.1 Å². The molecular weight excluding hydrogens is 578 g/mol. The number of amides is 1. The van der Waals surface area contributed by atoms with E-state index in [4.69, 9.17) is 4.98 Å². The number of rotatable bonds is 7. The molecule has 2 aromatic heterocycles. The molecule has 0 saturated carbocycles. The number of aromatic nitrogens is 3. The zero-order valence-electron chi connectivity index (χ0n) is 24.7. The van der Waals surface area contributed by atoms with E-state index in [1.807, 2.05) is 9.80 Å². The molecule has 0 aliphatic carbocycles. The molecule has 0 spiro atoms. The Labute approximate surface area is 251 Å². The average Bonchev–Trinajstić information content (AvgIpc) is 2.98. The molecule has 4 aromatic rings. The number of hydrogen-bond donors (Lipinski definition) is 1.